The highest BCUT2D eigenvalue weighted by atomic mass is 16.5. The first-order valence-electron chi connectivity index (χ1n) is 12.4. The Balaban J connectivity index is 1.35. The predicted molar refractivity (Wildman–Crippen MR) is 120 cm³/mol. The Morgan fingerprint density at radius 3 is 2.81 bits per heavy atom. The van der Waals surface area contributed by atoms with E-state index in [1.54, 1.807) is 5.57 Å². The molecule has 1 amide bonds. The van der Waals surface area contributed by atoms with Gasteiger partial charge >= 0.3 is 5.97 Å². The topological polar surface area (TPSA) is 62.4 Å². The van der Waals surface area contributed by atoms with Gasteiger partial charge in [0.1, 0.15) is 0 Å². The summed E-state index contributed by atoms with van der Waals surface area (Å²) in [5, 5.41) is 2.70. The zero-order valence-corrected chi connectivity index (χ0v) is 19.0. The summed E-state index contributed by atoms with van der Waals surface area (Å²) >= 11 is 0. The fourth-order valence-electron chi connectivity index (χ4n) is 6.63. The van der Waals surface area contributed by atoms with E-state index in [1.807, 2.05) is 0 Å². The van der Waals surface area contributed by atoms with Crippen LogP contribution in [0.3, 0.4) is 0 Å². The fourth-order valence-corrected chi connectivity index (χ4v) is 6.63. The van der Waals surface area contributed by atoms with Gasteiger partial charge in [0.25, 0.3) is 0 Å². The maximum atomic E-state index is 13.5. The molecule has 0 radical (unpaired) electrons. The number of hydrogen-bond donors (Lipinski definition) is 1. The number of rotatable bonds is 5. The number of amides is 1. The Labute approximate surface area is 184 Å². The lowest BCUT2D eigenvalue weighted by Crippen LogP contribution is -2.53. The third-order valence-electron chi connectivity index (χ3n) is 8.29. The Hall–Kier alpha value is -2.04. The van der Waals surface area contributed by atoms with Crippen molar-refractivity contribution in [2.24, 2.45) is 17.8 Å². The lowest BCUT2D eigenvalue weighted by atomic mass is 9.71. The molecule has 1 aromatic rings. The molecule has 1 saturated heterocycles. The number of carbonyl (C=O) groups excluding carboxylic acids is 2. The Bertz CT molecular complexity index is 973. The number of H-pyrrole nitrogens is 1. The summed E-state index contributed by atoms with van der Waals surface area (Å²) in [7, 11) is 1.49. The summed E-state index contributed by atoms with van der Waals surface area (Å²) in [5.41, 5.74) is 2.95. The Kier molecular flexibility index (Phi) is 5.70. The van der Waals surface area contributed by atoms with E-state index >= 15 is 0 Å². The summed E-state index contributed by atoms with van der Waals surface area (Å²) < 4.78 is 5.08. The van der Waals surface area contributed by atoms with Crippen LogP contribution >= 0.6 is 0 Å². The molecule has 31 heavy (non-hydrogen) atoms. The first-order valence-corrected chi connectivity index (χ1v) is 12.4. The van der Waals surface area contributed by atoms with Gasteiger partial charge in [-0.1, -0.05) is 25.0 Å². The average Bonchev–Trinajstić information content (AvgIpc) is 3.55. The summed E-state index contributed by atoms with van der Waals surface area (Å²) in [6, 6.07) is 0.202. The van der Waals surface area contributed by atoms with Crippen LogP contribution in [0.2, 0.25) is 0 Å². The molecule has 3 aliphatic carbocycles. The highest BCUT2D eigenvalue weighted by Gasteiger charge is 2.44. The minimum absolute atomic E-state index is 0.0419. The zero-order chi connectivity index (χ0) is 21.5. The third-order valence-corrected chi connectivity index (χ3v) is 8.29. The van der Waals surface area contributed by atoms with E-state index in [0.29, 0.717) is 6.42 Å². The molecule has 0 spiro atoms. The van der Waals surface area contributed by atoms with E-state index in [-0.39, 0.29) is 35.7 Å². The molecule has 1 aromatic heterocycles. The van der Waals surface area contributed by atoms with Crippen molar-refractivity contribution >= 4 is 23.5 Å². The maximum absolute atomic E-state index is 13.5. The van der Waals surface area contributed by atoms with E-state index in [4.69, 9.17) is 4.74 Å². The molecule has 4 unspecified atom stereocenters. The molecule has 5 rings (SSSR count). The van der Waals surface area contributed by atoms with Gasteiger partial charge in [-0.05, 0) is 74.7 Å². The molecule has 1 N–H and O–H groups in total. The number of carbonyl (C=O) groups is 2. The van der Waals surface area contributed by atoms with Crippen LogP contribution in [0.25, 0.3) is 11.6 Å². The van der Waals surface area contributed by atoms with Crippen molar-refractivity contribution in [2.75, 3.05) is 13.7 Å². The van der Waals surface area contributed by atoms with Crippen molar-refractivity contribution < 1.29 is 14.3 Å². The van der Waals surface area contributed by atoms with Gasteiger partial charge in [-0.3, -0.25) is 9.59 Å². The van der Waals surface area contributed by atoms with Crippen molar-refractivity contribution in [2.45, 2.75) is 83.1 Å². The number of esters is 1. The van der Waals surface area contributed by atoms with Crippen molar-refractivity contribution in [3.63, 3.8) is 0 Å². The summed E-state index contributed by atoms with van der Waals surface area (Å²) in [6.45, 7) is 3.04. The van der Waals surface area contributed by atoms with E-state index in [9.17, 15) is 9.59 Å². The van der Waals surface area contributed by atoms with Crippen LogP contribution in [0, 0.1) is 17.8 Å². The normalized spacial score (nSPS) is 28.9. The minimum atomic E-state index is -0.0873. The van der Waals surface area contributed by atoms with Gasteiger partial charge in [-0.15, -0.1) is 0 Å². The number of nitrogens with one attached hydrogen (secondary N) is 1. The van der Waals surface area contributed by atoms with Gasteiger partial charge < -0.3 is 14.6 Å². The highest BCUT2D eigenvalue weighted by Crippen LogP contribution is 2.41. The molecule has 0 aromatic carbocycles. The highest BCUT2D eigenvalue weighted by molar-refractivity contribution is 5.78. The molecule has 0 bridgehead atoms. The van der Waals surface area contributed by atoms with E-state index in [0.717, 1.165) is 51.0 Å². The van der Waals surface area contributed by atoms with Gasteiger partial charge in [-0.2, -0.15) is 0 Å². The molecular formula is C26H36N2O3. The third kappa shape index (κ3) is 3.85. The number of aromatic nitrogens is 1. The molecule has 1 aliphatic heterocycles. The minimum Gasteiger partial charge on any atom is -0.469 e. The SMILES string of the molecule is COC(=O)C1CCCC2C1CCCN2C(=O)CC(C)c1c[nH]c2c1=C(C1CC1)CCC=2. The molecule has 5 heteroatoms. The second-order valence-corrected chi connectivity index (χ2v) is 10.2. The second-order valence-electron chi connectivity index (χ2n) is 10.2. The van der Waals surface area contributed by atoms with Gasteiger partial charge in [0, 0.05) is 35.8 Å². The zero-order valence-electron chi connectivity index (χ0n) is 19.0. The summed E-state index contributed by atoms with van der Waals surface area (Å²) in [5.74, 6) is 1.36. The van der Waals surface area contributed by atoms with E-state index in [1.165, 1.54) is 42.5 Å². The molecule has 2 heterocycles. The van der Waals surface area contributed by atoms with Gasteiger partial charge in [0.15, 0.2) is 0 Å². The Morgan fingerprint density at radius 2 is 2.03 bits per heavy atom. The van der Waals surface area contributed by atoms with Crippen LogP contribution in [0.1, 0.15) is 82.6 Å². The number of fused-ring (bicyclic) bond motifs is 2. The number of hydrogen-bond acceptors (Lipinski definition) is 3. The molecule has 5 nitrogen and oxygen atoms in total. The quantitative estimate of drug-likeness (QED) is 0.739. The van der Waals surface area contributed by atoms with Crippen LogP contribution in [-0.4, -0.2) is 41.5 Å². The summed E-state index contributed by atoms with van der Waals surface area (Å²) in [6.07, 6.45) is 14.9. The smallest absolute Gasteiger partial charge is 0.309 e. The molecule has 2 saturated carbocycles. The maximum Gasteiger partial charge on any atom is 0.309 e. The number of aromatic amines is 1. The predicted octanol–water partition coefficient (Wildman–Crippen LogP) is 3.22. The summed E-state index contributed by atoms with van der Waals surface area (Å²) in [4.78, 5) is 31.4. The lowest BCUT2D eigenvalue weighted by Gasteiger charge is -2.47. The van der Waals surface area contributed by atoms with Crippen LogP contribution < -0.4 is 10.6 Å². The molecule has 4 atom stereocenters. The van der Waals surface area contributed by atoms with Crippen molar-refractivity contribution in [1.82, 2.24) is 9.88 Å². The monoisotopic (exact) mass is 424 g/mol. The molecule has 4 aliphatic rings. The van der Waals surface area contributed by atoms with Crippen molar-refractivity contribution in [1.29, 1.82) is 0 Å². The first kappa shape index (κ1) is 20.8. The van der Waals surface area contributed by atoms with Crippen molar-refractivity contribution in [3.05, 3.63) is 22.3 Å². The average molecular weight is 425 g/mol. The Morgan fingerprint density at radius 1 is 1.19 bits per heavy atom. The van der Waals surface area contributed by atoms with Crippen LogP contribution in [0.4, 0.5) is 0 Å². The standard InChI is InChI=1S/C26H36N2O3/c1-16(21-15-27-22-9-3-6-18(25(21)22)17-11-12-17)14-24(29)28-13-5-8-19-20(26(30)31-2)7-4-10-23(19)28/h9,15-17,19-20,23,27H,3-8,10-14H2,1-2H3. The van der Waals surface area contributed by atoms with Crippen LogP contribution in [-0.2, 0) is 14.3 Å². The number of piperidine rings is 1. The van der Waals surface area contributed by atoms with Crippen LogP contribution in [0.15, 0.2) is 6.20 Å². The fraction of sp³-hybridized carbons (Fsp3) is 0.692. The molecule has 3 fully saturated rings. The number of likely N-dealkylation sites (tertiary alicyclic amines) is 1. The van der Waals surface area contributed by atoms with E-state index in [2.05, 4.69) is 29.1 Å². The first-order chi connectivity index (χ1) is 15.1. The van der Waals surface area contributed by atoms with Crippen LogP contribution in [0.5, 0.6) is 0 Å². The van der Waals surface area contributed by atoms with Gasteiger partial charge in [0.2, 0.25) is 5.91 Å². The van der Waals surface area contributed by atoms with Gasteiger partial charge in [0.05, 0.1) is 13.0 Å². The lowest BCUT2D eigenvalue weighted by molar-refractivity contribution is -0.154. The number of methoxy groups -OCH3 is 1. The molecule has 168 valence electrons. The van der Waals surface area contributed by atoms with Gasteiger partial charge in [-0.25, -0.2) is 0 Å². The molecular weight excluding hydrogens is 388 g/mol. The number of ether oxygens (including phenoxy) is 1. The van der Waals surface area contributed by atoms with Crippen molar-refractivity contribution in [3.8, 4) is 0 Å². The van der Waals surface area contributed by atoms with E-state index < -0.39 is 0 Å². The number of nitrogens with zero attached hydrogens (tertiary/aromatic N) is 1. The largest absolute Gasteiger partial charge is 0.469 e. The second kappa shape index (κ2) is 8.48.